The Morgan fingerprint density at radius 3 is 2.43 bits per heavy atom. The highest BCUT2D eigenvalue weighted by Crippen LogP contribution is 2.61. The monoisotopic (exact) mass is 523 g/mol. The molecule has 1 aromatic rings. The van der Waals surface area contributed by atoms with Crippen molar-refractivity contribution in [2.45, 2.75) is 55.6 Å². The van der Waals surface area contributed by atoms with Gasteiger partial charge in [0.15, 0.2) is 0 Å². The topological polar surface area (TPSA) is 81.2 Å². The van der Waals surface area contributed by atoms with E-state index in [1.54, 1.807) is 28.6 Å². The van der Waals surface area contributed by atoms with Crippen LogP contribution in [0.3, 0.4) is 0 Å². The second kappa shape index (κ2) is 10.3. The Hall–Kier alpha value is -2.58. The minimum Gasteiger partial charge on any atom is -0.396 e. The van der Waals surface area contributed by atoms with Crippen molar-refractivity contribution in [3.63, 3.8) is 0 Å². The number of hydrogen-bond acceptors (Lipinski definition) is 5. The lowest BCUT2D eigenvalue weighted by Gasteiger charge is -2.36. The molecule has 1 N–H and O–H groups in total. The van der Waals surface area contributed by atoms with Crippen LogP contribution >= 0.6 is 11.8 Å². The van der Waals surface area contributed by atoms with Gasteiger partial charge in [-0.3, -0.25) is 14.4 Å². The van der Waals surface area contributed by atoms with Crippen LogP contribution in [0, 0.1) is 25.7 Å². The molecule has 198 valence electrons. The fourth-order valence-corrected chi connectivity index (χ4v) is 8.69. The highest BCUT2D eigenvalue weighted by Gasteiger charge is 2.70. The van der Waals surface area contributed by atoms with Crippen molar-refractivity contribution in [1.29, 1.82) is 0 Å². The molecule has 4 aliphatic rings. The molecule has 7 nitrogen and oxygen atoms in total. The average molecular weight is 524 g/mol. The van der Waals surface area contributed by atoms with Crippen molar-refractivity contribution in [2.24, 2.45) is 11.8 Å². The molecule has 0 aliphatic carbocycles. The van der Waals surface area contributed by atoms with Crippen LogP contribution in [0.4, 0.5) is 5.69 Å². The molecule has 4 heterocycles. The Morgan fingerprint density at radius 1 is 0.973 bits per heavy atom. The van der Waals surface area contributed by atoms with E-state index in [1.165, 1.54) is 0 Å². The van der Waals surface area contributed by atoms with E-state index < -0.39 is 22.6 Å². The van der Waals surface area contributed by atoms with E-state index in [0.29, 0.717) is 19.6 Å². The van der Waals surface area contributed by atoms with E-state index >= 15 is 0 Å². The van der Waals surface area contributed by atoms with E-state index in [-0.39, 0.29) is 29.6 Å². The van der Waals surface area contributed by atoms with Crippen LogP contribution in [-0.2, 0) is 14.4 Å². The molecule has 0 radical (unpaired) electrons. The molecule has 0 bridgehead atoms. The van der Waals surface area contributed by atoms with E-state index in [4.69, 9.17) is 5.11 Å². The number of aliphatic hydroxyl groups is 1. The number of fused-ring (bicyclic) bond motifs is 2. The Bertz CT molecular complexity index is 1130. The minimum atomic E-state index is -0.780. The number of thioether (sulfide) groups is 1. The van der Waals surface area contributed by atoms with Gasteiger partial charge in [0, 0.05) is 44.2 Å². The van der Waals surface area contributed by atoms with E-state index in [2.05, 4.69) is 12.2 Å². The van der Waals surface area contributed by atoms with Gasteiger partial charge in [0.25, 0.3) is 5.91 Å². The van der Waals surface area contributed by atoms with Crippen LogP contribution in [0.2, 0.25) is 0 Å². The summed E-state index contributed by atoms with van der Waals surface area (Å²) in [6.45, 7) is 5.64. The summed E-state index contributed by atoms with van der Waals surface area (Å²) in [5.74, 6) is -1.21. The van der Waals surface area contributed by atoms with Crippen molar-refractivity contribution < 1.29 is 19.5 Å². The highest BCUT2D eigenvalue weighted by molar-refractivity contribution is 8.02. The number of carbonyl (C=O) groups is 3. The van der Waals surface area contributed by atoms with Crippen LogP contribution in [0.25, 0.3) is 0 Å². The highest BCUT2D eigenvalue weighted by atomic mass is 32.2. The molecule has 3 amide bonds. The zero-order valence-electron chi connectivity index (χ0n) is 21.9. The molecular weight excluding hydrogens is 486 g/mol. The summed E-state index contributed by atoms with van der Waals surface area (Å²) in [5, 5.41) is 9.01. The van der Waals surface area contributed by atoms with Gasteiger partial charge < -0.3 is 19.8 Å². The standard InChI is InChI=1S/C29H37N3O4S/c1-19-11-8-12-20(2)24(19)31-17-10-14-29-23(22-21(37-29)13-9-15-30(3)26(22)34)27(35)32(25(29)28(31)36)16-6-4-5-7-18-33/h8-14,21-23,25,33H,4-7,15-18H2,1-3H3/t21-,22+,23-,25?,29-/m0/s1. The predicted octanol–water partition coefficient (Wildman–Crippen LogP) is 3.08. The third kappa shape index (κ3) is 4.22. The summed E-state index contributed by atoms with van der Waals surface area (Å²) < 4.78 is -0.780. The van der Waals surface area contributed by atoms with Gasteiger partial charge in [0.05, 0.1) is 16.6 Å². The molecule has 1 unspecified atom stereocenters. The number of anilines is 1. The Balaban J connectivity index is 1.57. The molecule has 4 aliphatic heterocycles. The zero-order valence-corrected chi connectivity index (χ0v) is 22.7. The lowest BCUT2D eigenvalue weighted by atomic mass is 9.78. The summed E-state index contributed by atoms with van der Waals surface area (Å²) in [7, 11) is 1.79. The average Bonchev–Trinajstić information content (AvgIpc) is 3.19. The third-order valence-electron chi connectivity index (χ3n) is 8.38. The molecule has 1 spiro atoms. The molecular formula is C29H37N3O4S. The number of amides is 3. The number of hydrogen-bond donors (Lipinski definition) is 1. The predicted molar refractivity (Wildman–Crippen MR) is 146 cm³/mol. The maximum Gasteiger partial charge on any atom is 0.251 e. The normalized spacial score (nSPS) is 30.9. The molecule has 2 saturated heterocycles. The Kier molecular flexibility index (Phi) is 7.24. The molecule has 2 fully saturated rings. The van der Waals surface area contributed by atoms with Crippen molar-refractivity contribution >= 4 is 35.2 Å². The maximum atomic E-state index is 14.5. The van der Waals surface area contributed by atoms with E-state index in [9.17, 15) is 14.4 Å². The zero-order chi connectivity index (χ0) is 26.3. The van der Waals surface area contributed by atoms with E-state index in [0.717, 1.165) is 42.5 Å². The van der Waals surface area contributed by atoms with Crippen LogP contribution in [0.5, 0.6) is 0 Å². The van der Waals surface area contributed by atoms with Crippen molar-refractivity contribution in [3.05, 3.63) is 53.6 Å². The number of likely N-dealkylation sites (N-methyl/N-ethyl adjacent to an activating group) is 1. The fourth-order valence-electron chi connectivity index (χ4n) is 6.68. The van der Waals surface area contributed by atoms with Crippen molar-refractivity contribution in [3.8, 4) is 0 Å². The minimum absolute atomic E-state index is 0.0158. The van der Waals surface area contributed by atoms with E-state index in [1.807, 2.05) is 49.1 Å². The van der Waals surface area contributed by atoms with Crippen LogP contribution in [-0.4, -0.2) is 82.0 Å². The molecule has 0 aromatic heterocycles. The number of rotatable bonds is 7. The fraction of sp³-hybridized carbons (Fsp3) is 0.552. The van der Waals surface area contributed by atoms with Gasteiger partial charge in [-0.05, 0) is 37.8 Å². The first kappa shape index (κ1) is 26.0. The molecule has 8 heteroatoms. The maximum absolute atomic E-state index is 14.5. The first-order valence-electron chi connectivity index (χ1n) is 13.4. The second-order valence-electron chi connectivity index (χ2n) is 10.8. The van der Waals surface area contributed by atoms with Crippen LogP contribution in [0.1, 0.15) is 36.8 Å². The van der Waals surface area contributed by atoms with Crippen LogP contribution < -0.4 is 4.90 Å². The lowest BCUT2D eigenvalue weighted by molar-refractivity contribution is -0.142. The van der Waals surface area contributed by atoms with Gasteiger partial charge in [0.1, 0.15) is 6.04 Å². The first-order chi connectivity index (χ1) is 17.8. The largest absolute Gasteiger partial charge is 0.396 e. The van der Waals surface area contributed by atoms with Crippen LogP contribution in [0.15, 0.2) is 42.5 Å². The summed E-state index contributed by atoms with van der Waals surface area (Å²) in [6.07, 6.45) is 11.5. The molecule has 5 rings (SSSR count). The van der Waals surface area contributed by atoms with Gasteiger partial charge in [-0.2, -0.15) is 0 Å². The second-order valence-corrected chi connectivity index (χ2v) is 12.2. The van der Waals surface area contributed by atoms with Gasteiger partial charge in [-0.1, -0.05) is 55.3 Å². The van der Waals surface area contributed by atoms with Gasteiger partial charge >= 0.3 is 0 Å². The quantitative estimate of drug-likeness (QED) is 0.439. The third-order valence-corrected chi connectivity index (χ3v) is 10.1. The summed E-state index contributed by atoms with van der Waals surface area (Å²) in [4.78, 5) is 47.6. The van der Waals surface area contributed by atoms with Gasteiger partial charge in [-0.25, -0.2) is 0 Å². The van der Waals surface area contributed by atoms with Gasteiger partial charge in [0.2, 0.25) is 11.8 Å². The molecule has 0 saturated carbocycles. The smallest absolute Gasteiger partial charge is 0.251 e. The molecule has 37 heavy (non-hydrogen) atoms. The SMILES string of the molecule is Cc1cccc(C)c1N1CC=C[C@]23S[C@H]4C=CCN(C)C(=O)[C@H]4[C@H]2C(=O)N(CCCCCCO)C3C1=O. The molecule has 5 atom stereocenters. The molecule has 1 aromatic carbocycles. The Labute approximate surface area is 223 Å². The van der Waals surface area contributed by atoms with Gasteiger partial charge in [-0.15, -0.1) is 11.8 Å². The number of carbonyl (C=O) groups excluding carboxylic acids is 3. The first-order valence-corrected chi connectivity index (χ1v) is 14.3. The lowest BCUT2D eigenvalue weighted by Crippen LogP contribution is -2.53. The number of benzene rings is 1. The number of para-hydroxylation sites is 1. The number of aliphatic hydroxyl groups excluding tert-OH is 1. The number of likely N-dealkylation sites (tertiary alicyclic amines) is 1. The summed E-state index contributed by atoms with van der Waals surface area (Å²) in [6, 6.07) is 5.37. The number of aryl methyl sites for hydroxylation is 2. The van der Waals surface area contributed by atoms with Crippen molar-refractivity contribution in [1.82, 2.24) is 9.80 Å². The Morgan fingerprint density at radius 2 is 1.70 bits per heavy atom. The number of unbranched alkanes of at least 4 members (excludes halogenated alkanes) is 3. The summed E-state index contributed by atoms with van der Waals surface area (Å²) >= 11 is 1.63. The number of nitrogens with zero attached hydrogens (tertiary/aromatic N) is 3. The summed E-state index contributed by atoms with van der Waals surface area (Å²) in [5.41, 5.74) is 2.96. The van der Waals surface area contributed by atoms with Crippen molar-refractivity contribution in [2.75, 3.05) is 38.2 Å².